The second kappa shape index (κ2) is 11.0. The zero-order chi connectivity index (χ0) is 22.9. The van der Waals surface area contributed by atoms with Crippen molar-refractivity contribution in [1.82, 2.24) is 0 Å². The first-order valence-electron chi connectivity index (χ1n) is 10.7. The molecular weight excluding hydrogens is 417 g/mol. The molecule has 4 rings (SSSR count). The number of hydrogen-bond acceptors (Lipinski definition) is 4. The average molecular weight is 442 g/mol. The van der Waals surface area contributed by atoms with Gasteiger partial charge in [0.05, 0.1) is 12.3 Å². The van der Waals surface area contributed by atoms with Crippen molar-refractivity contribution >= 4 is 11.9 Å². The maximum atomic E-state index is 13.4. The average Bonchev–Trinajstić information content (AvgIpc) is 2.84. The molecule has 4 nitrogen and oxygen atoms in total. The summed E-state index contributed by atoms with van der Waals surface area (Å²) in [5, 5.41) is 0. The molecule has 0 N–H and O–H groups in total. The van der Waals surface area contributed by atoms with Crippen molar-refractivity contribution in [2.75, 3.05) is 6.61 Å². The van der Waals surface area contributed by atoms with Crippen molar-refractivity contribution < 1.29 is 18.6 Å². The van der Waals surface area contributed by atoms with Gasteiger partial charge in [0.15, 0.2) is 11.5 Å². The lowest BCUT2D eigenvalue weighted by atomic mass is 10.2. The SMILES string of the molecule is CCOc1cc(C=Nc2ccc(Oc3ccccc3)cc2)ccc1OCc1cccc(F)c1. The first kappa shape index (κ1) is 22.1. The van der Waals surface area contributed by atoms with Crippen LogP contribution in [-0.2, 0) is 6.61 Å². The molecular formula is C28H24FNO3. The second-order valence-corrected chi connectivity index (χ2v) is 7.22. The highest BCUT2D eigenvalue weighted by molar-refractivity contribution is 5.83. The largest absolute Gasteiger partial charge is 0.490 e. The Morgan fingerprint density at radius 3 is 2.30 bits per heavy atom. The first-order chi connectivity index (χ1) is 16.2. The number of nitrogens with zero attached hydrogens (tertiary/aromatic N) is 1. The van der Waals surface area contributed by atoms with Crippen molar-refractivity contribution in [3.8, 4) is 23.0 Å². The molecule has 5 heteroatoms. The molecule has 0 heterocycles. The molecule has 0 bridgehead atoms. The summed E-state index contributed by atoms with van der Waals surface area (Å²) in [7, 11) is 0. The molecule has 0 spiro atoms. The van der Waals surface area contributed by atoms with Gasteiger partial charge in [-0.05, 0) is 84.8 Å². The van der Waals surface area contributed by atoms with Gasteiger partial charge in [0.2, 0.25) is 0 Å². The summed E-state index contributed by atoms with van der Waals surface area (Å²) in [5.41, 5.74) is 2.43. The molecule has 0 unspecified atom stereocenters. The molecule has 166 valence electrons. The fourth-order valence-corrected chi connectivity index (χ4v) is 3.15. The van der Waals surface area contributed by atoms with Crippen LogP contribution in [0.3, 0.4) is 0 Å². The molecule has 0 aliphatic rings. The van der Waals surface area contributed by atoms with Crippen molar-refractivity contribution in [3.63, 3.8) is 0 Å². The van der Waals surface area contributed by atoms with Gasteiger partial charge >= 0.3 is 0 Å². The van der Waals surface area contributed by atoms with Crippen molar-refractivity contribution in [1.29, 1.82) is 0 Å². The Bertz CT molecular complexity index is 1210. The Labute approximate surface area is 192 Å². The van der Waals surface area contributed by atoms with Gasteiger partial charge in [-0.3, -0.25) is 4.99 Å². The van der Waals surface area contributed by atoms with E-state index in [1.807, 2.05) is 85.8 Å². The molecule has 0 radical (unpaired) electrons. The number of benzene rings is 4. The molecule has 0 saturated carbocycles. The van der Waals surface area contributed by atoms with Crippen molar-refractivity contribution in [3.05, 3.63) is 114 Å². The van der Waals surface area contributed by atoms with E-state index in [1.165, 1.54) is 12.1 Å². The first-order valence-corrected chi connectivity index (χ1v) is 10.7. The van der Waals surface area contributed by atoms with Crippen molar-refractivity contribution in [2.45, 2.75) is 13.5 Å². The topological polar surface area (TPSA) is 40.0 Å². The Hall–Kier alpha value is -4.12. The highest BCUT2D eigenvalue weighted by Crippen LogP contribution is 2.29. The van der Waals surface area contributed by atoms with E-state index < -0.39 is 0 Å². The maximum absolute atomic E-state index is 13.4. The van der Waals surface area contributed by atoms with Crippen LogP contribution in [0.2, 0.25) is 0 Å². The van der Waals surface area contributed by atoms with Crippen LogP contribution in [0.1, 0.15) is 18.1 Å². The van der Waals surface area contributed by atoms with Gasteiger partial charge < -0.3 is 14.2 Å². The summed E-state index contributed by atoms with van der Waals surface area (Å²) in [6.45, 7) is 2.67. The highest BCUT2D eigenvalue weighted by Gasteiger charge is 2.07. The lowest BCUT2D eigenvalue weighted by Gasteiger charge is -2.12. The minimum Gasteiger partial charge on any atom is -0.490 e. The standard InChI is InChI=1S/C28H24FNO3/c1-2-31-28-18-21(11-16-27(28)32-20-22-7-6-8-23(29)17-22)19-30-24-12-14-26(15-13-24)33-25-9-4-3-5-10-25/h3-19H,2,20H2,1H3. The van der Waals surface area contributed by atoms with E-state index in [0.717, 1.165) is 28.3 Å². The number of aliphatic imine (C=N–C) groups is 1. The number of ether oxygens (including phenoxy) is 3. The number of para-hydroxylation sites is 1. The predicted octanol–water partition coefficient (Wildman–Crippen LogP) is 7.35. The van der Waals surface area contributed by atoms with Crippen LogP contribution in [-0.4, -0.2) is 12.8 Å². The lowest BCUT2D eigenvalue weighted by Crippen LogP contribution is -2.00. The van der Waals surface area contributed by atoms with E-state index in [2.05, 4.69) is 4.99 Å². The molecule has 0 aromatic heterocycles. The van der Waals surface area contributed by atoms with E-state index in [-0.39, 0.29) is 12.4 Å². The van der Waals surface area contributed by atoms with Gasteiger partial charge in [0, 0.05) is 6.21 Å². The second-order valence-electron chi connectivity index (χ2n) is 7.22. The number of halogens is 1. The quantitative estimate of drug-likeness (QED) is 0.255. The zero-order valence-corrected chi connectivity index (χ0v) is 18.3. The van der Waals surface area contributed by atoms with Gasteiger partial charge in [-0.1, -0.05) is 30.3 Å². The maximum Gasteiger partial charge on any atom is 0.161 e. The summed E-state index contributed by atoms with van der Waals surface area (Å²) in [6, 6.07) is 29.2. The van der Waals surface area contributed by atoms with E-state index in [1.54, 1.807) is 12.3 Å². The highest BCUT2D eigenvalue weighted by atomic mass is 19.1. The van der Waals surface area contributed by atoms with Crippen LogP contribution in [0.4, 0.5) is 10.1 Å². The van der Waals surface area contributed by atoms with Gasteiger partial charge in [0.1, 0.15) is 23.9 Å². The van der Waals surface area contributed by atoms with Crippen LogP contribution < -0.4 is 14.2 Å². The van der Waals surface area contributed by atoms with E-state index in [0.29, 0.717) is 18.1 Å². The van der Waals surface area contributed by atoms with Gasteiger partial charge in [0.25, 0.3) is 0 Å². The van der Waals surface area contributed by atoms with Crippen LogP contribution in [0.25, 0.3) is 0 Å². The molecule has 0 amide bonds. The van der Waals surface area contributed by atoms with E-state index >= 15 is 0 Å². The van der Waals surface area contributed by atoms with Crippen LogP contribution in [0.5, 0.6) is 23.0 Å². The lowest BCUT2D eigenvalue weighted by molar-refractivity contribution is 0.269. The van der Waals surface area contributed by atoms with Gasteiger partial charge in [-0.15, -0.1) is 0 Å². The van der Waals surface area contributed by atoms with Crippen LogP contribution in [0, 0.1) is 5.82 Å². The fraction of sp³-hybridized carbons (Fsp3) is 0.107. The summed E-state index contributed by atoms with van der Waals surface area (Å²) in [6.07, 6.45) is 1.77. The Balaban J connectivity index is 1.42. The molecule has 0 atom stereocenters. The predicted molar refractivity (Wildman–Crippen MR) is 129 cm³/mol. The van der Waals surface area contributed by atoms with Crippen LogP contribution in [0.15, 0.2) is 102 Å². The molecule has 0 saturated heterocycles. The monoisotopic (exact) mass is 441 g/mol. The number of rotatable bonds is 9. The Morgan fingerprint density at radius 1 is 0.758 bits per heavy atom. The Morgan fingerprint density at radius 2 is 1.55 bits per heavy atom. The molecule has 4 aromatic rings. The summed E-state index contributed by atoms with van der Waals surface area (Å²) in [4.78, 5) is 4.54. The minimum absolute atomic E-state index is 0.253. The minimum atomic E-state index is -0.285. The third-order valence-corrected chi connectivity index (χ3v) is 4.73. The third-order valence-electron chi connectivity index (χ3n) is 4.73. The van der Waals surface area contributed by atoms with Crippen LogP contribution >= 0.6 is 0 Å². The van der Waals surface area contributed by atoms with E-state index in [9.17, 15) is 4.39 Å². The molecule has 33 heavy (non-hydrogen) atoms. The van der Waals surface area contributed by atoms with E-state index in [4.69, 9.17) is 14.2 Å². The Kier molecular flexibility index (Phi) is 7.33. The smallest absolute Gasteiger partial charge is 0.161 e. The molecule has 0 aliphatic heterocycles. The summed E-state index contributed by atoms with van der Waals surface area (Å²) >= 11 is 0. The van der Waals surface area contributed by atoms with Gasteiger partial charge in [-0.25, -0.2) is 4.39 Å². The third kappa shape index (κ3) is 6.43. The van der Waals surface area contributed by atoms with Gasteiger partial charge in [-0.2, -0.15) is 0 Å². The van der Waals surface area contributed by atoms with Crippen molar-refractivity contribution in [2.24, 2.45) is 4.99 Å². The normalized spacial score (nSPS) is 10.8. The zero-order valence-electron chi connectivity index (χ0n) is 18.3. The number of hydrogen-bond donors (Lipinski definition) is 0. The summed E-state index contributed by atoms with van der Waals surface area (Å²) < 4.78 is 30.8. The molecule has 0 aliphatic carbocycles. The summed E-state index contributed by atoms with van der Waals surface area (Å²) in [5.74, 6) is 2.47. The molecule has 0 fully saturated rings. The molecule has 4 aromatic carbocycles. The fourth-order valence-electron chi connectivity index (χ4n) is 3.15.